The van der Waals surface area contributed by atoms with Crippen molar-refractivity contribution in [3.05, 3.63) is 29.3 Å². The lowest BCUT2D eigenvalue weighted by molar-refractivity contribution is 0.404. The minimum atomic E-state index is -3.39. The van der Waals surface area contributed by atoms with Gasteiger partial charge in [-0.2, -0.15) is 4.31 Å². The SMILES string of the molecule is CC1CC(CN)CN1S(=O)(=O)c1ccc2c(c1)CCCC2. The summed E-state index contributed by atoms with van der Waals surface area (Å²) in [4.78, 5) is 0.452. The molecule has 0 aromatic heterocycles. The summed E-state index contributed by atoms with van der Waals surface area (Å²) < 4.78 is 27.4. The number of sulfonamides is 1. The van der Waals surface area contributed by atoms with E-state index in [1.54, 1.807) is 10.4 Å². The molecular weight excluding hydrogens is 284 g/mol. The molecule has 1 heterocycles. The van der Waals surface area contributed by atoms with Gasteiger partial charge < -0.3 is 5.73 Å². The number of hydrogen-bond acceptors (Lipinski definition) is 3. The molecule has 1 aliphatic carbocycles. The normalized spacial score (nSPS) is 26.8. The maximum atomic E-state index is 12.9. The molecule has 4 nitrogen and oxygen atoms in total. The lowest BCUT2D eigenvalue weighted by Crippen LogP contribution is -2.34. The van der Waals surface area contributed by atoms with Gasteiger partial charge in [0, 0.05) is 12.6 Å². The van der Waals surface area contributed by atoms with E-state index in [9.17, 15) is 8.42 Å². The zero-order valence-corrected chi connectivity index (χ0v) is 13.4. The van der Waals surface area contributed by atoms with Gasteiger partial charge in [0.05, 0.1) is 4.90 Å². The van der Waals surface area contributed by atoms with Crippen LogP contribution in [0, 0.1) is 5.92 Å². The number of benzene rings is 1. The van der Waals surface area contributed by atoms with Crippen LogP contribution >= 0.6 is 0 Å². The Kier molecular flexibility index (Phi) is 4.08. The van der Waals surface area contributed by atoms with E-state index in [1.165, 1.54) is 17.5 Å². The summed E-state index contributed by atoms with van der Waals surface area (Å²) in [6.45, 7) is 3.09. The second kappa shape index (κ2) is 5.71. The fourth-order valence-electron chi connectivity index (χ4n) is 3.62. The van der Waals surface area contributed by atoms with E-state index >= 15 is 0 Å². The Bertz CT molecular complexity index is 627. The third-order valence-corrected chi connectivity index (χ3v) is 6.84. The summed E-state index contributed by atoms with van der Waals surface area (Å²) in [6.07, 6.45) is 5.30. The van der Waals surface area contributed by atoms with Gasteiger partial charge in [-0.15, -0.1) is 0 Å². The molecule has 1 aromatic rings. The molecule has 2 atom stereocenters. The summed E-state index contributed by atoms with van der Waals surface area (Å²) in [6, 6.07) is 5.72. The van der Waals surface area contributed by atoms with Gasteiger partial charge in [0.1, 0.15) is 0 Å². The van der Waals surface area contributed by atoms with Gasteiger partial charge in [0.15, 0.2) is 0 Å². The predicted octanol–water partition coefficient (Wildman–Crippen LogP) is 1.92. The number of aryl methyl sites for hydroxylation is 2. The lowest BCUT2D eigenvalue weighted by Gasteiger charge is -2.23. The standard InChI is InChI=1S/C16H24N2O2S/c1-12-8-13(10-17)11-18(12)21(19,20)16-7-6-14-4-2-3-5-15(14)9-16/h6-7,9,12-13H,2-5,8,10-11,17H2,1H3. The van der Waals surface area contributed by atoms with E-state index in [1.807, 2.05) is 19.1 Å². The van der Waals surface area contributed by atoms with Crippen molar-refractivity contribution in [2.75, 3.05) is 13.1 Å². The van der Waals surface area contributed by atoms with E-state index in [0.717, 1.165) is 25.7 Å². The molecular formula is C16H24N2O2S. The van der Waals surface area contributed by atoms with Gasteiger partial charge >= 0.3 is 0 Å². The minimum Gasteiger partial charge on any atom is -0.330 e. The highest BCUT2D eigenvalue weighted by molar-refractivity contribution is 7.89. The quantitative estimate of drug-likeness (QED) is 0.928. The Labute approximate surface area is 127 Å². The Morgan fingerprint density at radius 1 is 1.24 bits per heavy atom. The van der Waals surface area contributed by atoms with Crippen LogP contribution in [0.5, 0.6) is 0 Å². The molecule has 1 fully saturated rings. The van der Waals surface area contributed by atoms with Crippen molar-refractivity contribution in [2.45, 2.75) is 50.0 Å². The minimum absolute atomic E-state index is 0.0413. The Hall–Kier alpha value is -0.910. The van der Waals surface area contributed by atoms with Crippen LogP contribution in [0.3, 0.4) is 0 Å². The van der Waals surface area contributed by atoms with Gasteiger partial charge in [0.2, 0.25) is 10.0 Å². The number of hydrogen-bond donors (Lipinski definition) is 1. The highest BCUT2D eigenvalue weighted by atomic mass is 32.2. The van der Waals surface area contributed by atoms with Crippen molar-refractivity contribution in [3.63, 3.8) is 0 Å². The Morgan fingerprint density at radius 3 is 2.62 bits per heavy atom. The van der Waals surface area contributed by atoms with Crippen LogP contribution < -0.4 is 5.73 Å². The molecule has 2 aliphatic rings. The zero-order valence-electron chi connectivity index (χ0n) is 12.6. The first-order chi connectivity index (χ1) is 10.0. The molecule has 2 N–H and O–H groups in total. The average molecular weight is 308 g/mol. The molecule has 0 radical (unpaired) electrons. The van der Waals surface area contributed by atoms with Gasteiger partial charge in [-0.05, 0) is 74.8 Å². The highest BCUT2D eigenvalue weighted by Gasteiger charge is 2.37. The average Bonchev–Trinajstić information content (AvgIpc) is 2.88. The lowest BCUT2D eigenvalue weighted by atomic mass is 9.92. The van der Waals surface area contributed by atoms with Crippen molar-refractivity contribution in [1.82, 2.24) is 4.31 Å². The summed E-state index contributed by atoms with van der Waals surface area (Å²) in [5.74, 6) is 0.285. The first-order valence-electron chi connectivity index (χ1n) is 7.86. The third-order valence-electron chi connectivity index (χ3n) is 4.86. The number of rotatable bonds is 3. The molecule has 3 rings (SSSR count). The van der Waals surface area contributed by atoms with Crippen molar-refractivity contribution in [1.29, 1.82) is 0 Å². The van der Waals surface area contributed by atoms with E-state index in [0.29, 0.717) is 18.0 Å². The second-order valence-electron chi connectivity index (χ2n) is 6.40. The molecule has 21 heavy (non-hydrogen) atoms. The van der Waals surface area contributed by atoms with Gasteiger partial charge in [-0.1, -0.05) is 6.07 Å². The first kappa shape index (κ1) is 15.0. The number of fused-ring (bicyclic) bond motifs is 1. The third kappa shape index (κ3) is 2.74. The number of nitrogens with zero attached hydrogens (tertiary/aromatic N) is 1. The van der Waals surface area contributed by atoms with Crippen LogP contribution in [0.1, 0.15) is 37.3 Å². The van der Waals surface area contributed by atoms with Gasteiger partial charge in [-0.3, -0.25) is 0 Å². The van der Waals surface area contributed by atoms with Crippen LogP contribution in [-0.2, 0) is 22.9 Å². The van der Waals surface area contributed by atoms with E-state index < -0.39 is 10.0 Å². The summed E-state index contributed by atoms with van der Waals surface area (Å²) in [5, 5.41) is 0. The summed E-state index contributed by atoms with van der Waals surface area (Å²) in [5.41, 5.74) is 8.24. The van der Waals surface area contributed by atoms with Crippen molar-refractivity contribution in [2.24, 2.45) is 11.7 Å². The second-order valence-corrected chi connectivity index (χ2v) is 8.29. The highest BCUT2D eigenvalue weighted by Crippen LogP contribution is 2.31. The maximum absolute atomic E-state index is 12.9. The van der Waals surface area contributed by atoms with E-state index in [4.69, 9.17) is 5.73 Å². The van der Waals surface area contributed by atoms with Crippen LogP contribution in [0.2, 0.25) is 0 Å². The van der Waals surface area contributed by atoms with Crippen molar-refractivity contribution in [3.8, 4) is 0 Å². The molecule has 116 valence electrons. The van der Waals surface area contributed by atoms with Crippen LogP contribution in [0.25, 0.3) is 0 Å². The predicted molar refractivity (Wildman–Crippen MR) is 83.6 cm³/mol. The molecule has 0 saturated carbocycles. The van der Waals surface area contributed by atoms with Crippen LogP contribution in [0.4, 0.5) is 0 Å². The fraction of sp³-hybridized carbons (Fsp3) is 0.625. The molecule has 0 spiro atoms. The molecule has 0 amide bonds. The van der Waals surface area contributed by atoms with Crippen LogP contribution in [-0.4, -0.2) is 31.9 Å². The van der Waals surface area contributed by atoms with Crippen molar-refractivity contribution >= 4 is 10.0 Å². The van der Waals surface area contributed by atoms with Gasteiger partial charge in [0.25, 0.3) is 0 Å². The zero-order chi connectivity index (χ0) is 15.0. The van der Waals surface area contributed by atoms with Crippen molar-refractivity contribution < 1.29 is 8.42 Å². The molecule has 1 aliphatic heterocycles. The van der Waals surface area contributed by atoms with E-state index in [-0.39, 0.29) is 12.0 Å². The molecule has 0 bridgehead atoms. The summed E-state index contributed by atoms with van der Waals surface area (Å²) >= 11 is 0. The topological polar surface area (TPSA) is 63.4 Å². The largest absolute Gasteiger partial charge is 0.330 e. The Balaban J connectivity index is 1.91. The summed E-state index contributed by atoms with van der Waals surface area (Å²) in [7, 11) is -3.39. The molecule has 2 unspecified atom stereocenters. The molecule has 5 heteroatoms. The molecule has 1 aromatic carbocycles. The maximum Gasteiger partial charge on any atom is 0.243 e. The Morgan fingerprint density at radius 2 is 1.95 bits per heavy atom. The monoisotopic (exact) mass is 308 g/mol. The number of nitrogens with two attached hydrogens (primary N) is 1. The van der Waals surface area contributed by atoms with Gasteiger partial charge in [-0.25, -0.2) is 8.42 Å². The molecule has 1 saturated heterocycles. The van der Waals surface area contributed by atoms with Crippen LogP contribution in [0.15, 0.2) is 23.1 Å². The van der Waals surface area contributed by atoms with E-state index in [2.05, 4.69) is 0 Å². The smallest absolute Gasteiger partial charge is 0.243 e. The first-order valence-corrected chi connectivity index (χ1v) is 9.30. The fourth-order valence-corrected chi connectivity index (χ4v) is 5.39.